The zero-order valence-electron chi connectivity index (χ0n) is 11.8. The average molecular weight is 248 g/mol. The second kappa shape index (κ2) is 6.43. The highest BCUT2D eigenvalue weighted by Crippen LogP contribution is 2.19. The molecule has 0 aliphatic carbocycles. The van der Waals surface area contributed by atoms with Gasteiger partial charge in [0.1, 0.15) is 0 Å². The number of nitrogens with two attached hydrogens (primary N) is 1. The lowest BCUT2D eigenvalue weighted by molar-refractivity contribution is 0.1000. The topological polar surface area (TPSA) is 55.1 Å². The molecule has 3 heteroatoms. The predicted octanol–water partition coefficient (Wildman–Crippen LogP) is 3.33. The van der Waals surface area contributed by atoms with Gasteiger partial charge in [-0.15, -0.1) is 0 Å². The number of amides is 1. The second-order valence-corrected chi connectivity index (χ2v) is 5.41. The maximum absolute atomic E-state index is 11.1. The largest absolute Gasteiger partial charge is 0.382 e. The average Bonchev–Trinajstić information content (AvgIpc) is 2.29. The van der Waals surface area contributed by atoms with Crippen LogP contribution in [0.5, 0.6) is 0 Å². The molecule has 1 rings (SSSR count). The van der Waals surface area contributed by atoms with Gasteiger partial charge in [-0.05, 0) is 56.4 Å². The van der Waals surface area contributed by atoms with Gasteiger partial charge in [-0.25, -0.2) is 0 Å². The number of hydrogen-bond donors (Lipinski definition) is 2. The highest BCUT2D eigenvalue weighted by Gasteiger charge is 2.07. The van der Waals surface area contributed by atoms with Crippen molar-refractivity contribution in [2.24, 2.45) is 11.7 Å². The van der Waals surface area contributed by atoms with E-state index in [9.17, 15) is 4.79 Å². The first kappa shape index (κ1) is 14.6. The lowest BCUT2D eigenvalue weighted by Gasteiger charge is -2.18. The number of carbonyl (C=O) groups is 1. The van der Waals surface area contributed by atoms with E-state index in [1.807, 2.05) is 19.1 Å². The Morgan fingerprint density at radius 1 is 1.28 bits per heavy atom. The first-order valence-corrected chi connectivity index (χ1v) is 6.57. The van der Waals surface area contributed by atoms with Crippen LogP contribution in [-0.2, 0) is 0 Å². The summed E-state index contributed by atoms with van der Waals surface area (Å²) in [6.45, 7) is 8.65. The Balaban J connectivity index is 2.64. The van der Waals surface area contributed by atoms with Crippen LogP contribution in [0.2, 0.25) is 0 Å². The summed E-state index contributed by atoms with van der Waals surface area (Å²) in [5.41, 5.74) is 7.96. The van der Waals surface area contributed by atoms with Gasteiger partial charge >= 0.3 is 0 Å². The Morgan fingerprint density at radius 2 is 1.94 bits per heavy atom. The molecule has 1 amide bonds. The summed E-state index contributed by atoms with van der Waals surface area (Å²) >= 11 is 0. The van der Waals surface area contributed by atoms with Gasteiger partial charge in [-0.2, -0.15) is 0 Å². The van der Waals surface area contributed by atoms with Gasteiger partial charge in [0.2, 0.25) is 5.91 Å². The molecule has 100 valence electrons. The zero-order chi connectivity index (χ0) is 13.7. The molecule has 0 spiro atoms. The molecule has 3 N–H and O–H groups in total. The van der Waals surface area contributed by atoms with E-state index < -0.39 is 0 Å². The van der Waals surface area contributed by atoms with E-state index in [0.29, 0.717) is 11.6 Å². The smallest absolute Gasteiger partial charge is 0.248 e. The quantitative estimate of drug-likeness (QED) is 0.811. The summed E-state index contributed by atoms with van der Waals surface area (Å²) in [6.07, 6.45) is 2.36. The number of nitrogens with one attached hydrogen (secondary N) is 1. The molecule has 0 fully saturated rings. The molecule has 0 aliphatic heterocycles. The Kier molecular flexibility index (Phi) is 5.20. The van der Waals surface area contributed by atoms with E-state index >= 15 is 0 Å². The van der Waals surface area contributed by atoms with Crippen LogP contribution in [0.3, 0.4) is 0 Å². The van der Waals surface area contributed by atoms with Gasteiger partial charge in [-0.1, -0.05) is 13.8 Å². The lowest BCUT2D eigenvalue weighted by Crippen LogP contribution is -2.17. The van der Waals surface area contributed by atoms with Crippen LogP contribution < -0.4 is 11.1 Å². The molecule has 1 aromatic carbocycles. The van der Waals surface area contributed by atoms with Crippen LogP contribution in [0.1, 0.15) is 49.5 Å². The first-order valence-electron chi connectivity index (χ1n) is 6.57. The molecule has 1 unspecified atom stereocenters. The molecule has 3 nitrogen and oxygen atoms in total. The van der Waals surface area contributed by atoms with Crippen molar-refractivity contribution in [3.8, 4) is 0 Å². The first-order chi connectivity index (χ1) is 8.40. The summed E-state index contributed by atoms with van der Waals surface area (Å²) < 4.78 is 0. The van der Waals surface area contributed by atoms with Crippen LogP contribution in [0.4, 0.5) is 5.69 Å². The Hall–Kier alpha value is -1.51. The summed E-state index contributed by atoms with van der Waals surface area (Å²) in [5.74, 6) is 0.352. The monoisotopic (exact) mass is 248 g/mol. The summed E-state index contributed by atoms with van der Waals surface area (Å²) in [7, 11) is 0. The van der Waals surface area contributed by atoms with Crippen molar-refractivity contribution < 1.29 is 4.79 Å². The van der Waals surface area contributed by atoms with Gasteiger partial charge < -0.3 is 11.1 Å². The minimum atomic E-state index is -0.377. The number of hydrogen-bond acceptors (Lipinski definition) is 2. The van der Waals surface area contributed by atoms with Crippen molar-refractivity contribution in [2.45, 2.75) is 46.6 Å². The maximum Gasteiger partial charge on any atom is 0.248 e. The molecular weight excluding hydrogens is 224 g/mol. The molecule has 1 aromatic rings. The molecule has 0 aliphatic rings. The van der Waals surface area contributed by atoms with Gasteiger partial charge in [0.15, 0.2) is 0 Å². The fraction of sp³-hybridized carbons (Fsp3) is 0.533. The highest BCUT2D eigenvalue weighted by molar-refractivity contribution is 5.93. The van der Waals surface area contributed by atoms with Gasteiger partial charge in [0.25, 0.3) is 0 Å². The molecule has 0 saturated heterocycles. The summed E-state index contributed by atoms with van der Waals surface area (Å²) in [6, 6.07) is 5.97. The highest BCUT2D eigenvalue weighted by atomic mass is 16.1. The molecular formula is C15H24N2O. The van der Waals surface area contributed by atoms with E-state index in [1.165, 1.54) is 6.42 Å². The van der Waals surface area contributed by atoms with Crippen molar-refractivity contribution in [3.63, 3.8) is 0 Å². The minimum absolute atomic E-state index is 0.377. The zero-order valence-corrected chi connectivity index (χ0v) is 11.8. The Bertz CT molecular complexity index is 413. The van der Waals surface area contributed by atoms with Gasteiger partial charge in [0.05, 0.1) is 0 Å². The SMILES string of the molecule is Cc1cc(C(N)=O)ccc1NC(C)CCC(C)C. The van der Waals surface area contributed by atoms with Crippen LogP contribution in [-0.4, -0.2) is 11.9 Å². The standard InChI is InChI=1S/C15H24N2O/c1-10(2)5-6-12(4)17-14-8-7-13(15(16)18)9-11(14)3/h7-10,12,17H,5-6H2,1-4H3,(H2,16,18). The fourth-order valence-electron chi connectivity index (χ4n) is 1.90. The van der Waals surface area contributed by atoms with Gasteiger partial charge in [-0.3, -0.25) is 4.79 Å². The number of rotatable bonds is 6. The Morgan fingerprint density at radius 3 is 2.44 bits per heavy atom. The van der Waals surface area contributed by atoms with Crippen molar-refractivity contribution >= 4 is 11.6 Å². The summed E-state index contributed by atoms with van der Waals surface area (Å²) in [5, 5.41) is 3.48. The molecule has 0 heterocycles. The van der Waals surface area contributed by atoms with Crippen molar-refractivity contribution in [3.05, 3.63) is 29.3 Å². The molecule has 0 radical (unpaired) electrons. The molecule has 0 saturated carbocycles. The van der Waals surface area contributed by atoms with E-state index in [2.05, 4.69) is 26.1 Å². The number of anilines is 1. The van der Waals surface area contributed by atoms with Crippen molar-refractivity contribution in [1.82, 2.24) is 0 Å². The third-order valence-corrected chi connectivity index (χ3v) is 3.09. The molecule has 0 aromatic heterocycles. The van der Waals surface area contributed by atoms with Crippen LogP contribution in [0.25, 0.3) is 0 Å². The molecule has 0 bridgehead atoms. The third kappa shape index (κ3) is 4.40. The van der Waals surface area contributed by atoms with Gasteiger partial charge in [0, 0.05) is 17.3 Å². The minimum Gasteiger partial charge on any atom is -0.382 e. The fourth-order valence-corrected chi connectivity index (χ4v) is 1.90. The van der Waals surface area contributed by atoms with Crippen LogP contribution in [0, 0.1) is 12.8 Å². The van der Waals surface area contributed by atoms with Crippen LogP contribution in [0.15, 0.2) is 18.2 Å². The number of primary amides is 1. The number of aryl methyl sites for hydroxylation is 1. The lowest BCUT2D eigenvalue weighted by atomic mass is 10.0. The normalized spacial score (nSPS) is 12.5. The van der Waals surface area contributed by atoms with E-state index in [-0.39, 0.29) is 5.91 Å². The number of carbonyl (C=O) groups excluding carboxylic acids is 1. The third-order valence-electron chi connectivity index (χ3n) is 3.09. The van der Waals surface area contributed by atoms with Crippen LogP contribution >= 0.6 is 0 Å². The maximum atomic E-state index is 11.1. The van der Waals surface area contributed by atoms with E-state index in [4.69, 9.17) is 5.73 Å². The van der Waals surface area contributed by atoms with Crippen molar-refractivity contribution in [1.29, 1.82) is 0 Å². The van der Waals surface area contributed by atoms with Crippen molar-refractivity contribution in [2.75, 3.05) is 5.32 Å². The number of benzene rings is 1. The molecule has 1 atom stereocenters. The summed E-state index contributed by atoms with van der Waals surface area (Å²) in [4.78, 5) is 11.1. The second-order valence-electron chi connectivity index (χ2n) is 5.41. The predicted molar refractivity (Wildman–Crippen MR) is 76.9 cm³/mol. The van der Waals surface area contributed by atoms with E-state index in [1.54, 1.807) is 6.07 Å². The van der Waals surface area contributed by atoms with E-state index in [0.717, 1.165) is 23.6 Å². The Labute approximate surface area is 110 Å². The molecule has 18 heavy (non-hydrogen) atoms.